The van der Waals surface area contributed by atoms with Crippen LogP contribution in [0.4, 0.5) is 0 Å². The highest BCUT2D eigenvalue weighted by molar-refractivity contribution is 5.95. The highest BCUT2D eigenvalue weighted by atomic mass is 16.6. The molecule has 0 atom stereocenters. The first-order valence-corrected chi connectivity index (χ1v) is 10.7. The van der Waals surface area contributed by atoms with E-state index < -0.39 is 0 Å². The van der Waals surface area contributed by atoms with Gasteiger partial charge in [-0.1, -0.05) is 68.7 Å². The summed E-state index contributed by atoms with van der Waals surface area (Å²) in [7, 11) is 0. The molecule has 0 unspecified atom stereocenters. The predicted molar refractivity (Wildman–Crippen MR) is 120 cm³/mol. The molecule has 0 aliphatic carbocycles. The van der Waals surface area contributed by atoms with Crippen LogP contribution >= 0.6 is 0 Å². The summed E-state index contributed by atoms with van der Waals surface area (Å²) in [6, 6.07) is 21.5. The highest BCUT2D eigenvalue weighted by Crippen LogP contribution is 2.23. The number of ether oxygens (including phenoxy) is 3. The molecule has 0 bridgehead atoms. The van der Waals surface area contributed by atoms with Crippen molar-refractivity contribution in [2.45, 2.75) is 39.2 Å². The molecule has 3 rings (SSSR count). The van der Waals surface area contributed by atoms with Crippen LogP contribution in [-0.4, -0.2) is 25.8 Å². The molecule has 4 nitrogen and oxygen atoms in total. The van der Waals surface area contributed by atoms with Crippen molar-refractivity contribution in [3.8, 4) is 5.75 Å². The Balaban J connectivity index is 1.47. The van der Waals surface area contributed by atoms with Gasteiger partial charge >= 0.3 is 5.97 Å². The summed E-state index contributed by atoms with van der Waals surface area (Å²) in [6.45, 7) is 4.15. The van der Waals surface area contributed by atoms with Crippen LogP contribution in [0.1, 0.15) is 48.5 Å². The van der Waals surface area contributed by atoms with Crippen LogP contribution in [0.5, 0.6) is 5.75 Å². The van der Waals surface area contributed by atoms with Gasteiger partial charge in [0, 0.05) is 6.61 Å². The predicted octanol–water partition coefficient (Wildman–Crippen LogP) is 6.17. The minimum absolute atomic E-state index is 0.275. The van der Waals surface area contributed by atoms with Crippen LogP contribution in [0, 0.1) is 0 Å². The largest absolute Gasteiger partial charge is 0.489 e. The maximum Gasteiger partial charge on any atom is 0.338 e. The van der Waals surface area contributed by atoms with E-state index in [0.717, 1.165) is 35.1 Å². The summed E-state index contributed by atoms with van der Waals surface area (Å²) in [4.78, 5) is 12.3. The standard InChI is InChI=1S/C26H30O4/c1-2-3-4-8-15-28-16-17-29-26(27)24-12-11-23-19-25(14-13-22(23)18-24)30-20-21-9-6-5-7-10-21/h5-7,9-14,18-19H,2-4,8,15-17,20H2,1H3. The summed E-state index contributed by atoms with van der Waals surface area (Å²) in [6.07, 6.45) is 4.70. The summed E-state index contributed by atoms with van der Waals surface area (Å²) in [5.41, 5.74) is 1.67. The van der Waals surface area contributed by atoms with Gasteiger partial charge in [0.1, 0.15) is 19.0 Å². The SMILES string of the molecule is CCCCCCOCCOC(=O)c1ccc2cc(OCc3ccccc3)ccc2c1. The van der Waals surface area contributed by atoms with Gasteiger partial charge in [-0.05, 0) is 47.0 Å². The van der Waals surface area contributed by atoms with Gasteiger partial charge in [-0.2, -0.15) is 0 Å². The van der Waals surface area contributed by atoms with Crippen molar-refractivity contribution in [1.29, 1.82) is 0 Å². The van der Waals surface area contributed by atoms with Gasteiger partial charge in [-0.3, -0.25) is 0 Å². The fourth-order valence-electron chi connectivity index (χ4n) is 3.19. The first-order chi connectivity index (χ1) is 14.8. The fourth-order valence-corrected chi connectivity index (χ4v) is 3.19. The van der Waals surface area contributed by atoms with Gasteiger partial charge in [0.05, 0.1) is 12.2 Å². The second-order valence-electron chi connectivity index (χ2n) is 7.31. The average Bonchev–Trinajstić information content (AvgIpc) is 2.79. The van der Waals surface area contributed by atoms with Crippen LogP contribution in [-0.2, 0) is 16.1 Å². The highest BCUT2D eigenvalue weighted by Gasteiger charge is 2.08. The maximum absolute atomic E-state index is 12.3. The molecular weight excluding hydrogens is 376 g/mol. The molecule has 0 spiro atoms. The van der Waals surface area contributed by atoms with Crippen LogP contribution in [0.25, 0.3) is 10.8 Å². The molecule has 0 saturated carbocycles. The minimum Gasteiger partial charge on any atom is -0.489 e. The van der Waals surface area contributed by atoms with Crippen molar-refractivity contribution in [2.75, 3.05) is 19.8 Å². The first-order valence-electron chi connectivity index (χ1n) is 10.7. The third-order valence-electron chi connectivity index (χ3n) is 4.90. The van der Waals surface area contributed by atoms with Gasteiger partial charge in [-0.15, -0.1) is 0 Å². The van der Waals surface area contributed by atoms with Crippen molar-refractivity contribution in [1.82, 2.24) is 0 Å². The molecule has 0 saturated heterocycles. The van der Waals surface area contributed by atoms with Crippen molar-refractivity contribution >= 4 is 16.7 Å². The van der Waals surface area contributed by atoms with Crippen LogP contribution in [0.2, 0.25) is 0 Å². The molecule has 3 aromatic rings. The van der Waals surface area contributed by atoms with E-state index in [9.17, 15) is 4.79 Å². The monoisotopic (exact) mass is 406 g/mol. The Kier molecular flexibility index (Phi) is 8.73. The summed E-state index contributed by atoms with van der Waals surface area (Å²) in [5, 5.41) is 2.00. The Morgan fingerprint density at radius 2 is 1.60 bits per heavy atom. The van der Waals surface area contributed by atoms with E-state index >= 15 is 0 Å². The molecule has 158 valence electrons. The number of benzene rings is 3. The van der Waals surface area contributed by atoms with Gasteiger partial charge in [0.25, 0.3) is 0 Å². The van der Waals surface area contributed by atoms with Crippen molar-refractivity contribution in [3.63, 3.8) is 0 Å². The third kappa shape index (κ3) is 6.89. The minimum atomic E-state index is -0.323. The zero-order valence-corrected chi connectivity index (χ0v) is 17.6. The molecule has 0 N–H and O–H groups in total. The fraction of sp³-hybridized carbons (Fsp3) is 0.346. The Labute approximate surface area is 178 Å². The Morgan fingerprint density at radius 1 is 0.800 bits per heavy atom. The van der Waals surface area contributed by atoms with E-state index in [1.807, 2.05) is 60.7 Å². The molecule has 0 radical (unpaired) electrons. The third-order valence-corrected chi connectivity index (χ3v) is 4.90. The summed E-state index contributed by atoms with van der Waals surface area (Å²) < 4.78 is 16.7. The Morgan fingerprint density at radius 3 is 2.43 bits per heavy atom. The first kappa shape index (κ1) is 21.8. The van der Waals surface area contributed by atoms with Crippen LogP contribution < -0.4 is 4.74 Å². The molecule has 0 aromatic heterocycles. The molecule has 3 aromatic carbocycles. The normalized spacial score (nSPS) is 10.8. The van der Waals surface area contributed by atoms with Crippen molar-refractivity contribution in [2.24, 2.45) is 0 Å². The quantitative estimate of drug-likeness (QED) is 0.266. The lowest BCUT2D eigenvalue weighted by Gasteiger charge is -2.09. The zero-order valence-electron chi connectivity index (χ0n) is 17.6. The molecule has 0 aliphatic rings. The number of rotatable bonds is 12. The van der Waals surface area contributed by atoms with Gasteiger partial charge in [-0.25, -0.2) is 4.79 Å². The second-order valence-corrected chi connectivity index (χ2v) is 7.31. The second kappa shape index (κ2) is 12.0. The lowest BCUT2D eigenvalue weighted by Crippen LogP contribution is -2.11. The van der Waals surface area contributed by atoms with Crippen molar-refractivity contribution < 1.29 is 19.0 Å². The molecule has 0 heterocycles. The molecule has 0 fully saturated rings. The number of hydrogen-bond donors (Lipinski definition) is 0. The van der Waals surface area contributed by atoms with E-state index in [-0.39, 0.29) is 12.6 Å². The van der Waals surface area contributed by atoms with Crippen molar-refractivity contribution in [3.05, 3.63) is 77.9 Å². The van der Waals surface area contributed by atoms with Gasteiger partial charge < -0.3 is 14.2 Å². The number of fused-ring (bicyclic) bond motifs is 1. The van der Waals surface area contributed by atoms with E-state index in [1.54, 1.807) is 6.07 Å². The smallest absolute Gasteiger partial charge is 0.338 e. The number of carbonyl (C=O) groups excluding carboxylic acids is 1. The van der Waals surface area contributed by atoms with E-state index in [4.69, 9.17) is 14.2 Å². The molecule has 0 amide bonds. The topological polar surface area (TPSA) is 44.8 Å². The van der Waals surface area contributed by atoms with Gasteiger partial charge in [0.2, 0.25) is 0 Å². The summed E-state index contributed by atoms with van der Waals surface area (Å²) in [5.74, 6) is 0.480. The van der Waals surface area contributed by atoms with Crippen LogP contribution in [0.3, 0.4) is 0 Å². The van der Waals surface area contributed by atoms with Crippen LogP contribution in [0.15, 0.2) is 66.7 Å². The molecular formula is C26H30O4. The molecule has 30 heavy (non-hydrogen) atoms. The van der Waals surface area contributed by atoms with Gasteiger partial charge in [0.15, 0.2) is 0 Å². The van der Waals surface area contributed by atoms with E-state index in [2.05, 4.69) is 6.92 Å². The van der Waals surface area contributed by atoms with E-state index in [0.29, 0.717) is 18.8 Å². The molecule has 4 heteroatoms. The lowest BCUT2D eigenvalue weighted by atomic mass is 10.1. The number of hydrogen-bond acceptors (Lipinski definition) is 4. The number of unbranched alkanes of at least 4 members (excludes halogenated alkanes) is 3. The Bertz CT molecular complexity index is 921. The number of esters is 1. The zero-order chi connectivity index (χ0) is 21.0. The Hall–Kier alpha value is -2.85. The summed E-state index contributed by atoms with van der Waals surface area (Å²) >= 11 is 0. The maximum atomic E-state index is 12.3. The van der Waals surface area contributed by atoms with E-state index in [1.165, 1.54) is 19.3 Å². The lowest BCUT2D eigenvalue weighted by molar-refractivity contribution is 0.0312. The molecule has 0 aliphatic heterocycles. The average molecular weight is 407 g/mol. The number of carbonyl (C=O) groups is 1.